The lowest BCUT2D eigenvalue weighted by Crippen LogP contribution is -2.34. The number of nitro groups is 1. The molecular weight excluding hydrogens is 320 g/mol. The number of esters is 1. The average Bonchev–Trinajstić information content (AvgIpc) is 3.10. The minimum Gasteiger partial charge on any atom is -0.425 e. The third-order valence-corrected chi connectivity index (χ3v) is 4.43. The largest absolute Gasteiger partial charge is 0.425 e. The number of nitrogens with zero attached hydrogens (tertiary/aromatic N) is 2. The Bertz CT molecular complexity index is 770. The topological polar surface area (TPSA) is 72.7 Å². The zero-order chi connectivity index (χ0) is 17.8. The van der Waals surface area contributed by atoms with E-state index in [9.17, 15) is 14.9 Å². The molecule has 0 aromatic heterocycles. The van der Waals surface area contributed by atoms with Crippen molar-refractivity contribution in [2.75, 3.05) is 13.1 Å². The Kier molecular flexibility index (Phi) is 5.09. The van der Waals surface area contributed by atoms with E-state index in [1.165, 1.54) is 18.2 Å². The number of likely N-dealkylation sites (tertiary alicyclic amines) is 1. The molecule has 0 aliphatic carbocycles. The summed E-state index contributed by atoms with van der Waals surface area (Å²) in [6.45, 7) is 3.34. The molecule has 130 valence electrons. The zero-order valence-corrected chi connectivity index (χ0v) is 14.1. The van der Waals surface area contributed by atoms with E-state index in [1.807, 2.05) is 30.3 Å². The van der Waals surface area contributed by atoms with Gasteiger partial charge in [-0.15, -0.1) is 0 Å². The molecule has 0 radical (unpaired) electrons. The minimum absolute atomic E-state index is 0.0129. The van der Waals surface area contributed by atoms with Crippen molar-refractivity contribution in [3.8, 4) is 5.75 Å². The Morgan fingerprint density at radius 1 is 1.16 bits per heavy atom. The normalized spacial score (nSPS) is 15.7. The van der Waals surface area contributed by atoms with E-state index < -0.39 is 11.0 Å². The van der Waals surface area contributed by atoms with Crippen LogP contribution in [-0.4, -0.2) is 28.9 Å². The highest BCUT2D eigenvalue weighted by molar-refractivity contribution is 5.80. The van der Waals surface area contributed by atoms with Crippen LogP contribution in [0.3, 0.4) is 0 Å². The van der Waals surface area contributed by atoms with Gasteiger partial charge in [0.05, 0.1) is 4.92 Å². The van der Waals surface area contributed by atoms with Gasteiger partial charge in [-0.2, -0.15) is 0 Å². The molecule has 0 N–H and O–H groups in total. The Labute approximate surface area is 146 Å². The molecule has 1 heterocycles. The molecule has 1 unspecified atom stereocenters. The minimum atomic E-state index is -0.459. The Hall–Kier alpha value is -2.73. The maximum Gasteiger partial charge on any atom is 0.333 e. The maximum absolute atomic E-state index is 12.8. The second-order valence-electron chi connectivity index (χ2n) is 6.18. The van der Waals surface area contributed by atoms with Gasteiger partial charge in [-0.05, 0) is 50.6 Å². The van der Waals surface area contributed by atoms with Crippen molar-refractivity contribution >= 4 is 11.7 Å². The number of nitro benzene ring substituents is 1. The van der Waals surface area contributed by atoms with Crippen LogP contribution in [0, 0.1) is 17.0 Å². The standard InChI is InChI=1S/C19H20N2O4/c1-14-13-16(9-10-17(14)21(23)24)25-19(22)18(20-11-5-6-12-20)15-7-3-2-4-8-15/h2-4,7-10,13,18H,5-6,11-12H2,1H3. The molecule has 0 amide bonds. The number of carbonyl (C=O) groups is 1. The highest BCUT2D eigenvalue weighted by Crippen LogP contribution is 2.29. The Morgan fingerprint density at radius 3 is 2.44 bits per heavy atom. The molecule has 1 saturated heterocycles. The van der Waals surface area contributed by atoms with Crippen LogP contribution in [0.4, 0.5) is 5.69 Å². The van der Waals surface area contributed by atoms with E-state index in [4.69, 9.17) is 4.74 Å². The van der Waals surface area contributed by atoms with Gasteiger partial charge in [0, 0.05) is 11.6 Å². The molecule has 2 aromatic carbocycles. The number of benzene rings is 2. The van der Waals surface area contributed by atoms with Crippen molar-refractivity contribution < 1.29 is 14.5 Å². The van der Waals surface area contributed by atoms with Gasteiger partial charge in [0.15, 0.2) is 0 Å². The first-order chi connectivity index (χ1) is 12.1. The number of carbonyl (C=O) groups excluding carboxylic acids is 1. The predicted molar refractivity (Wildman–Crippen MR) is 93.5 cm³/mol. The van der Waals surface area contributed by atoms with Crippen LogP contribution in [0.25, 0.3) is 0 Å². The molecular formula is C19H20N2O4. The van der Waals surface area contributed by atoms with Crippen LogP contribution < -0.4 is 4.74 Å². The van der Waals surface area contributed by atoms with E-state index in [0.29, 0.717) is 11.3 Å². The number of hydrogen-bond donors (Lipinski definition) is 0. The molecule has 0 saturated carbocycles. The second-order valence-corrected chi connectivity index (χ2v) is 6.18. The van der Waals surface area contributed by atoms with Crippen molar-refractivity contribution in [1.82, 2.24) is 4.90 Å². The number of hydrogen-bond acceptors (Lipinski definition) is 5. The monoisotopic (exact) mass is 340 g/mol. The van der Waals surface area contributed by atoms with Crippen LogP contribution in [0.15, 0.2) is 48.5 Å². The summed E-state index contributed by atoms with van der Waals surface area (Å²) in [5, 5.41) is 10.9. The van der Waals surface area contributed by atoms with Crippen LogP contribution in [0.5, 0.6) is 5.75 Å². The highest BCUT2D eigenvalue weighted by atomic mass is 16.6. The summed E-state index contributed by atoms with van der Waals surface area (Å²) < 4.78 is 5.56. The van der Waals surface area contributed by atoms with Crippen LogP contribution in [-0.2, 0) is 4.79 Å². The number of ether oxygens (including phenoxy) is 1. The average molecular weight is 340 g/mol. The van der Waals surface area contributed by atoms with Crippen molar-refractivity contribution in [1.29, 1.82) is 0 Å². The van der Waals surface area contributed by atoms with Crippen LogP contribution in [0.1, 0.15) is 30.0 Å². The highest BCUT2D eigenvalue weighted by Gasteiger charge is 2.31. The fraction of sp³-hybridized carbons (Fsp3) is 0.316. The van der Waals surface area contributed by atoms with E-state index in [2.05, 4.69) is 4.90 Å². The molecule has 3 rings (SSSR count). The van der Waals surface area contributed by atoms with E-state index in [0.717, 1.165) is 31.5 Å². The summed E-state index contributed by atoms with van der Waals surface area (Å²) >= 11 is 0. The molecule has 6 nitrogen and oxygen atoms in total. The quantitative estimate of drug-likeness (QED) is 0.359. The fourth-order valence-corrected chi connectivity index (χ4v) is 3.20. The fourth-order valence-electron chi connectivity index (χ4n) is 3.20. The van der Waals surface area contributed by atoms with Crippen molar-refractivity contribution in [3.05, 3.63) is 69.8 Å². The van der Waals surface area contributed by atoms with Crippen LogP contribution >= 0.6 is 0 Å². The van der Waals surface area contributed by atoms with Gasteiger partial charge in [0.25, 0.3) is 5.69 Å². The molecule has 0 spiro atoms. The van der Waals surface area contributed by atoms with Crippen LogP contribution in [0.2, 0.25) is 0 Å². The van der Waals surface area contributed by atoms with Crippen molar-refractivity contribution in [3.63, 3.8) is 0 Å². The van der Waals surface area contributed by atoms with Gasteiger partial charge in [-0.3, -0.25) is 15.0 Å². The summed E-state index contributed by atoms with van der Waals surface area (Å²) in [6, 6.07) is 13.5. The Morgan fingerprint density at radius 2 is 1.84 bits per heavy atom. The lowest BCUT2D eigenvalue weighted by molar-refractivity contribution is -0.385. The smallest absolute Gasteiger partial charge is 0.333 e. The molecule has 1 fully saturated rings. The SMILES string of the molecule is Cc1cc(OC(=O)C(c2ccccc2)N2CCCC2)ccc1[N+](=O)[O-]. The third-order valence-electron chi connectivity index (χ3n) is 4.43. The summed E-state index contributed by atoms with van der Waals surface area (Å²) in [5.74, 6) is -0.0328. The van der Waals surface area contributed by atoms with Gasteiger partial charge in [0.1, 0.15) is 11.8 Å². The van der Waals surface area contributed by atoms with E-state index in [1.54, 1.807) is 6.92 Å². The van der Waals surface area contributed by atoms with Crippen molar-refractivity contribution in [2.45, 2.75) is 25.8 Å². The van der Waals surface area contributed by atoms with Gasteiger partial charge in [-0.1, -0.05) is 30.3 Å². The first-order valence-electron chi connectivity index (χ1n) is 8.32. The first kappa shape index (κ1) is 17.1. The van der Waals surface area contributed by atoms with Crippen molar-refractivity contribution in [2.24, 2.45) is 0 Å². The summed E-state index contributed by atoms with van der Waals surface area (Å²) in [4.78, 5) is 25.4. The molecule has 0 bridgehead atoms. The summed E-state index contributed by atoms with van der Waals surface area (Å²) in [6.07, 6.45) is 2.13. The lowest BCUT2D eigenvalue weighted by atomic mass is 10.1. The summed E-state index contributed by atoms with van der Waals surface area (Å²) in [7, 11) is 0. The number of rotatable bonds is 5. The van der Waals surface area contributed by atoms with Gasteiger partial charge in [-0.25, -0.2) is 4.79 Å². The first-order valence-corrected chi connectivity index (χ1v) is 8.32. The lowest BCUT2D eigenvalue weighted by Gasteiger charge is -2.26. The maximum atomic E-state index is 12.8. The van der Waals surface area contributed by atoms with Gasteiger partial charge in [0.2, 0.25) is 0 Å². The van der Waals surface area contributed by atoms with E-state index in [-0.39, 0.29) is 11.7 Å². The molecule has 1 aliphatic heterocycles. The third kappa shape index (κ3) is 3.85. The molecule has 1 aliphatic rings. The summed E-state index contributed by atoms with van der Waals surface area (Å²) in [5.41, 5.74) is 1.37. The molecule has 6 heteroatoms. The Balaban J connectivity index is 1.83. The number of aryl methyl sites for hydroxylation is 1. The molecule has 1 atom stereocenters. The van der Waals surface area contributed by atoms with Gasteiger partial charge >= 0.3 is 5.97 Å². The predicted octanol–water partition coefficient (Wildman–Crippen LogP) is 3.65. The van der Waals surface area contributed by atoms with E-state index >= 15 is 0 Å². The zero-order valence-electron chi connectivity index (χ0n) is 14.1. The molecule has 2 aromatic rings. The van der Waals surface area contributed by atoms with Gasteiger partial charge < -0.3 is 4.74 Å². The second kappa shape index (κ2) is 7.44. The molecule has 25 heavy (non-hydrogen) atoms.